The first-order valence-corrected chi connectivity index (χ1v) is 9.44. The number of alkyl halides is 2. The Balaban J connectivity index is 1.89. The first-order chi connectivity index (χ1) is 14.3. The van der Waals surface area contributed by atoms with E-state index in [1.54, 1.807) is 12.1 Å². The summed E-state index contributed by atoms with van der Waals surface area (Å²) in [6.07, 6.45) is 2.49. The van der Waals surface area contributed by atoms with E-state index in [4.69, 9.17) is 9.47 Å². The highest BCUT2D eigenvalue weighted by Gasteiger charge is 2.13. The molecule has 0 aliphatic carbocycles. The Bertz CT molecular complexity index is 941. The summed E-state index contributed by atoms with van der Waals surface area (Å²) in [5, 5.41) is 2.63. The molecule has 30 heavy (non-hydrogen) atoms. The van der Waals surface area contributed by atoms with Gasteiger partial charge in [0.05, 0.1) is 18.5 Å². The van der Waals surface area contributed by atoms with Gasteiger partial charge >= 0.3 is 12.6 Å². The molecule has 0 saturated carbocycles. The highest BCUT2D eigenvalue weighted by molar-refractivity contribution is 7.14. The van der Waals surface area contributed by atoms with Crippen molar-refractivity contribution in [2.75, 3.05) is 13.7 Å². The van der Waals surface area contributed by atoms with Crippen LogP contribution >= 0.6 is 11.3 Å². The molecule has 1 N–H and O–H groups in total. The van der Waals surface area contributed by atoms with Crippen molar-refractivity contribution in [2.24, 2.45) is 0 Å². The van der Waals surface area contributed by atoms with Crippen LogP contribution in [0.25, 0.3) is 6.08 Å². The minimum absolute atomic E-state index is 0.0776. The lowest BCUT2D eigenvalue weighted by atomic mass is 10.2. The molecule has 0 spiro atoms. The predicted octanol–water partition coefficient (Wildman–Crippen LogP) is 3.43. The Morgan fingerprint density at radius 3 is 2.60 bits per heavy atom. The lowest BCUT2D eigenvalue weighted by Gasteiger charge is -2.10. The van der Waals surface area contributed by atoms with E-state index >= 15 is 0 Å². The van der Waals surface area contributed by atoms with Crippen LogP contribution in [0.3, 0.4) is 0 Å². The molecule has 0 bridgehead atoms. The summed E-state index contributed by atoms with van der Waals surface area (Å²) in [4.78, 5) is 36.1. The van der Waals surface area contributed by atoms with Crippen molar-refractivity contribution >= 4 is 35.1 Å². The quantitative estimate of drug-likeness (QED) is 0.347. The van der Waals surface area contributed by atoms with Gasteiger partial charge < -0.3 is 19.5 Å². The summed E-state index contributed by atoms with van der Waals surface area (Å²) in [6.45, 7) is -1.71. The number of carbonyl (C=O) groups is 3. The third kappa shape index (κ3) is 7.28. The highest BCUT2D eigenvalue weighted by atomic mass is 32.1. The van der Waals surface area contributed by atoms with Gasteiger partial charge in [0.2, 0.25) is 11.7 Å². The average Bonchev–Trinajstić information content (AvgIpc) is 3.18. The van der Waals surface area contributed by atoms with Crippen molar-refractivity contribution in [3.05, 3.63) is 51.7 Å². The van der Waals surface area contributed by atoms with Crippen molar-refractivity contribution in [1.29, 1.82) is 0 Å². The van der Waals surface area contributed by atoms with Crippen molar-refractivity contribution in [2.45, 2.75) is 20.1 Å². The fourth-order valence-corrected chi connectivity index (χ4v) is 3.11. The van der Waals surface area contributed by atoms with Crippen LogP contribution in [0.15, 0.2) is 36.4 Å². The topological polar surface area (TPSA) is 90.9 Å². The van der Waals surface area contributed by atoms with Gasteiger partial charge in [0.15, 0.2) is 18.1 Å². The number of methoxy groups -OCH3 is 1. The molecule has 1 heterocycles. The SMILES string of the molecule is COc1cc(/C=C/C(=O)OCC(=O)c2ccc(CNC(C)=O)s2)ccc1OC(F)F. The molecule has 1 aromatic heterocycles. The number of esters is 1. The van der Waals surface area contributed by atoms with Crippen LogP contribution in [0, 0.1) is 0 Å². The number of thiophene rings is 1. The number of carbonyl (C=O) groups excluding carboxylic acids is 3. The highest BCUT2D eigenvalue weighted by Crippen LogP contribution is 2.29. The number of hydrogen-bond donors (Lipinski definition) is 1. The van der Waals surface area contributed by atoms with Crippen LogP contribution in [0.2, 0.25) is 0 Å². The Kier molecular flexibility index (Phi) is 8.48. The predicted molar refractivity (Wildman–Crippen MR) is 106 cm³/mol. The van der Waals surface area contributed by atoms with Gasteiger partial charge in [0.1, 0.15) is 0 Å². The second-order valence-corrected chi connectivity index (χ2v) is 7.00. The van der Waals surface area contributed by atoms with E-state index in [1.807, 2.05) is 0 Å². The fourth-order valence-electron chi connectivity index (χ4n) is 2.24. The van der Waals surface area contributed by atoms with Crippen LogP contribution in [-0.2, 0) is 20.9 Å². The Labute approximate surface area is 175 Å². The standard InChI is InChI=1S/C20H19F2NO6S/c1-12(24)23-10-14-5-7-18(30-14)15(25)11-28-19(26)8-4-13-3-6-16(29-20(21)22)17(9-13)27-2/h3-9,20H,10-11H2,1-2H3,(H,23,24)/b8-4+. The van der Waals surface area contributed by atoms with Crippen molar-refractivity contribution in [3.63, 3.8) is 0 Å². The molecule has 0 aliphatic rings. The van der Waals surface area contributed by atoms with Gasteiger partial charge in [-0.2, -0.15) is 8.78 Å². The van der Waals surface area contributed by atoms with Gasteiger partial charge in [-0.3, -0.25) is 9.59 Å². The zero-order chi connectivity index (χ0) is 22.1. The Morgan fingerprint density at radius 2 is 1.93 bits per heavy atom. The van der Waals surface area contributed by atoms with E-state index in [1.165, 1.54) is 49.6 Å². The molecule has 1 amide bonds. The second-order valence-electron chi connectivity index (χ2n) is 5.83. The fraction of sp³-hybridized carbons (Fsp3) is 0.250. The molecule has 0 radical (unpaired) electrons. The normalized spacial score (nSPS) is 10.8. The summed E-state index contributed by atoms with van der Waals surface area (Å²) < 4.78 is 38.9. The summed E-state index contributed by atoms with van der Waals surface area (Å²) >= 11 is 1.20. The van der Waals surface area contributed by atoms with Crippen LogP contribution in [0.5, 0.6) is 11.5 Å². The van der Waals surface area contributed by atoms with Crippen LogP contribution in [-0.4, -0.2) is 38.0 Å². The number of nitrogens with one attached hydrogen (secondary N) is 1. The zero-order valence-electron chi connectivity index (χ0n) is 16.1. The summed E-state index contributed by atoms with van der Waals surface area (Å²) in [6, 6.07) is 7.47. The van der Waals surface area contributed by atoms with E-state index in [-0.39, 0.29) is 23.2 Å². The van der Waals surface area contributed by atoms with Gasteiger partial charge in [0, 0.05) is 17.9 Å². The first kappa shape index (κ1) is 23.0. The number of ketones is 1. The van der Waals surface area contributed by atoms with E-state index < -0.39 is 19.2 Å². The third-order valence-corrected chi connectivity index (χ3v) is 4.74. The maximum absolute atomic E-state index is 12.3. The van der Waals surface area contributed by atoms with Gasteiger partial charge in [-0.05, 0) is 35.9 Å². The number of ether oxygens (including phenoxy) is 3. The van der Waals surface area contributed by atoms with Gasteiger partial charge in [-0.25, -0.2) is 4.79 Å². The first-order valence-electron chi connectivity index (χ1n) is 8.62. The van der Waals surface area contributed by atoms with Crippen LogP contribution in [0.1, 0.15) is 27.0 Å². The molecule has 0 aliphatic heterocycles. The van der Waals surface area contributed by atoms with E-state index in [9.17, 15) is 23.2 Å². The summed E-state index contributed by atoms with van der Waals surface area (Å²) in [7, 11) is 1.30. The molecule has 160 valence electrons. The lowest BCUT2D eigenvalue weighted by Crippen LogP contribution is -2.18. The van der Waals surface area contributed by atoms with Crippen LogP contribution < -0.4 is 14.8 Å². The molecule has 10 heteroatoms. The van der Waals surface area contributed by atoms with Crippen molar-refractivity contribution in [1.82, 2.24) is 5.32 Å². The van der Waals surface area contributed by atoms with E-state index in [0.717, 1.165) is 11.0 Å². The number of rotatable bonds is 10. The number of hydrogen-bond acceptors (Lipinski definition) is 7. The molecular formula is C20H19F2NO6S. The molecule has 1 aromatic carbocycles. The Hall–Kier alpha value is -3.27. The van der Waals surface area contributed by atoms with Crippen molar-refractivity contribution in [3.8, 4) is 11.5 Å². The van der Waals surface area contributed by atoms with E-state index in [0.29, 0.717) is 17.0 Å². The van der Waals surface area contributed by atoms with Gasteiger partial charge in [-0.15, -0.1) is 11.3 Å². The van der Waals surface area contributed by atoms with Gasteiger partial charge in [-0.1, -0.05) is 6.07 Å². The summed E-state index contributed by atoms with van der Waals surface area (Å²) in [5.41, 5.74) is 0.484. The second kappa shape index (κ2) is 11.1. The number of Topliss-reactive ketones (excluding diaryl/α,β-unsaturated/α-hetero) is 1. The molecule has 0 atom stereocenters. The third-order valence-electron chi connectivity index (χ3n) is 3.61. The monoisotopic (exact) mass is 439 g/mol. The molecule has 2 rings (SSSR count). The number of amides is 1. The smallest absolute Gasteiger partial charge is 0.387 e. The minimum atomic E-state index is -2.99. The summed E-state index contributed by atoms with van der Waals surface area (Å²) in [5.74, 6) is -1.34. The zero-order valence-corrected chi connectivity index (χ0v) is 17.0. The maximum atomic E-state index is 12.3. The number of halogens is 2. The van der Waals surface area contributed by atoms with Gasteiger partial charge in [0.25, 0.3) is 0 Å². The molecule has 0 unspecified atom stereocenters. The maximum Gasteiger partial charge on any atom is 0.387 e. The van der Waals surface area contributed by atoms with Crippen LogP contribution in [0.4, 0.5) is 8.78 Å². The minimum Gasteiger partial charge on any atom is -0.493 e. The molecule has 2 aromatic rings. The molecule has 0 saturated heterocycles. The molecular weight excluding hydrogens is 420 g/mol. The largest absolute Gasteiger partial charge is 0.493 e. The molecule has 0 fully saturated rings. The average molecular weight is 439 g/mol. The Morgan fingerprint density at radius 1 is 1.17 bits per heavy atom. The van der Waals surface area contributed by atoms with Crippen molar-refractivity contribution < 1.29 is 37.4 Å². The molecule has 7 nitrogen and oxygen atoms in total. The van der Waals surface area contributed by atoms with E-state index in [2.05, 4.69) is 10.1 Å². The lowest BCUT2D eigenvalue weighted by molar-refractivity contribution is -0.136. The number of benzene rings is 1.